The second-order valence-corrected chi connectivity index (χ2v) is 4.31. The molecule has 1 aliphatic rings. The minimum Gasteiger partial charge on any atom is -0.343 e. The second kappa shape index (κ2) is 5.13. The molecule has 0 N–H and O–H groups in total. The summed E-state index contributed by atoms with van der Waals surface area (Å²) in [5.41, 5.74) is 1.98. The lowest BCUT2D eigenvalue weighted by Gasteiger charge is -2.27. The van der Waals surface area contributed by atoms with E-state index in [0.29, 0.717) is 19.1 Å². The number of hydrogen-bond donors (Lipinski definition) is 0. The van der Waals surface area contributed by atoms with Gasteiger partial charge >= 0.3 is 0 Å². The first kappa shape index (κ1) is 11.8. The minimum absolute atomic E-state index is 0.615. The van der Waals surface area contributed by atoms with Crippen LogP contribution in [0.5, 0.6) is 0 Å². The van der Waals surface area contributed by atoms with Gasteiger partial charge in [0.15, 0.2) is 5.79 Å². The molecule has 1 aromatic rings. The number of rotatable bonds is 4. The van der Waals surface area contributed by atoms with Gasteiger partial charge in [0.25, 0.3) is 0 Å². The summed E-state index contributed by atoms with van der Waals surface area (Å²) in [6.07, 6.45) is 3.48. The summed E-state index contributed by atoms with van der Waals surface area (Å²) in [6, 6.07) is 3.99. The van der Waals surface area contributed by atoms with Crippen LogP contribution < -0.4 is 0 Å². The minimum atomic E-state index is -0.615. The summed E-state index contributed by atoms with van der Waals surface area (Å²) >= 11 is 5.73. The highest BCUT2D eigenvalue weighted by Crippen LogP contribution is 2.35. The van der Waals surface area contributed by atoms with Crippen LogP contribution in [0.3, 0.4) is 0 Å². The van der Waals surface area contributed by atoms with Gasteiger partial charge in [-0.05, 0) is 19.4 Å². The topological polar surface area (TPSA) is 31.4 Å². The van der Waals surface area contributed by atoms with Crippen LogP contribution in [-0.4, -0.2) is 24.1 Å². The Morgan fingerprint density at radius 2 is 2.12 bits per heavy atom. The lowest BCUT2D eigenvalue weighted by Crippen LogP contribution is -2.27. The van der Waals surface area contributed by atoms with Crippen molar-refractivity contribution in [2.45, 2.75) is 25.6 Å². The van der Waals surface area contributed by atoms with E-state index in [4.69, 9.17) is 21.1 Å². The van der Waals surface area contributed by atoms with Gasteiger partial charge in [-0.3, -0.25) is 4.98 Å². The van der Waals surface area contributed by atoms with E-state index in [1.165, 1.54) is 0 Å². The van der Waals surface area contributed by atoms with Gasteiger partial charge in [0.05, 0.1) is 13.2 Å². The van der Waals surface area contributed by atoms with E-state index in [0.717, 1.165) is 24.1 Å². The molecular formula is C12H16ClNO2. The fourth-order valence-corrected chi connectivity index (χ4v) is 2.04. The van der Waals surface area contributed by atoms with Gasteiger partial charge in [-0.15, -0.1) is 11.6 Å². The van der Waals surface area contributed by atoms with E-state index in [9.17, 15) is 0 Å². The zero-order valence-electron chi connectivity index (χ0n) is 9.41. The van der Waals surface area contributed by atoms with Crippen LogP contribution in [0, 0.1) is 6.92 Å². The number of hydrogen-bond acceptors (Lipinski definition) is 3. The summed E-state index contributed by atoms with van der Waals surface area (Å²) in [7, 11) is 0. The Morgan fingerprint density at radius 3 is 2.69 bits per heavy atom. The monoisotopic (exact) mass is 241 g/mol. The van der Waals surface area contributed by atoms with E-state index in [-0.39, 0.29) is 0 Å². The Kier molecular flexibility index (Phi) is 3.79. The third-order valence-electron chi connectivity index (χ3n) is 2.74. The first-order valence-corrected chi connectivity index (χ1v) is 6.07. The van der Waals surface area contributed by atoms with E-state index < -0.39 is 5.79 Å². The number of nitrogens with zero attached hydrogens (tertiary/aromatic N) is 1. The van der Waals surface area contributed by atoms with Crippen molar-refractivity contribution in [1.29, 1.82) is 0 Å². The number of aromatic nitrogens is 1. The summed E-state index contributed by atoms with van der Waals surface area (Å²) in [6.45, 7) is 3.23. The quantitative estimate of drug-likeness (QED) is 0.760. The van der Waals surface area contributed by atoms with Gasteiger partial charge in [0.1, 0.15) is 0 Å². The van der Waals surface area contributed by atoms with Gasteiger partial charge in [-0.25, -0.2) is 0 Å². The van der Waals surface area contributed by atoms with Crippen LogP contribution in [0.15, 0.2) is 18.3 Å². The predicted octanol–water partition coefficient (Wildman–Crippen LogP) is 2.61. The van der Waals surface area contributed by atoms with E-state index in [1.54, 1.807) is 0 Å². The third kappa shape index (κ3) is 2.37. The molecule has 2 heterocycles. The lowest BCUT2D eigenvalue weighted by molar-refractivity contribution is -0.171. The fourth-order valence-electron chi connectivity index (χ4n) is 1.90. The average molecular weight is 242 g/mol. The number of aryl methyl sites for hydroxylation is 1. The molecule has 0 radical (unpaired) electrons. The molecule has 1 aromatic heterocycles. The first-order valence-electron chi connectivity index (χ1n) is 5.54. The summed E-state index contributed by atoms with van der Waals surface area (Å²) in [5.74, 6) is 0.00332. The van der Waals surface area contributed by atoms with Gasteiger partial charge in [0.2, 0.25) is 0 Å². The Bertz CT molecular complexity index is 333. The first-order chi connectivity index (χ1) is 7.77. The molecular weight excluding hydrogens is 226 g/mol. The van der Waals surface area contributed by atoms with Crippen molar-refractivity contribution in [1.82, 2.24) is 4.98 Å². The molecule has 0 spiro atoms. The molecule has 1 aliphatic heterocycles. The number of halogens is 1. The largest absolute Gasteiger partial charge is 0.343 e. The number of pyridine rings is 1. The van der Waals surface area contributed by atoms with Crippen LogP contribution in [0.4, 0.5) is 0 Å². The molecule has 0 bridgehead atoms. The molecule has 0 amide bonds. The molecule has 0 aromatic carbocycles. The Hall–Kier alpha value is -0.640. The Labute approximate surface area is 101 Å². The molecule has 4 heteroatoms. The number of ether oxygens (including phenoxy) is 2. The molecule has 3 nitrogen and oxygen atoms in total. The van der Waals surface area contributed by atoms with E-state index >= 15 is 0 Å². The maximum atomic E-state index is 5.75. The number of alkyl halides is 1. The van der Waals surface area contributed by atoms with Crippen molar-refractivity contribution in [3.05, 3.63) is 29.6 Å². The molecule has 0 atom stereocenters. The fraction of sp³-hybridized carbons (Fsp3) is 0.583. The Balaban J connectivity index is 2.21. The van der Waals surface area contributed by atoms with Crippen molar-refractivity contribution >= 4 is 11.6 Å². The summed E-state index contributed by atoms with van der Waals surface area (Å²) in [4.78, 5) is 4.28. The maximum Gasteiger partial charge on any atom is 0.196 e. The molecule has 1 fully saturated rings. The summed E-state index contributed by atoms with van der Waals surface area (Å²) in [5, 5.41) is 0. The van der Waals surface area contributed by atoms with Crippen LogP contribution in [0.1, 0.15) is 24.1 Å². The molecule has 0 saturated carbocycles. The van der Waals surface area contributed by atoms with Crippen LogP contribution >= 0.6 is 11.6 Å². The van der Waals surface area contributed by atoms with Gasteiger partial charge < -0.3 is 9.47 Å². The normalized spacial score (nSPS) is 18.9. The van der Waals surface area contributed by atoms with Crippen molar-refractivity contribution in [3.63, 3.8) is 0 Å². The van der Waals surface area contributed by atoms with E-state index in [1.807, 2.05) is 25.3 Å². The predicted molar refractivity (Wildman–Crippen MR) is 62.5 cm³/mol. The van der Waals surface area contributed by atoms with E-state index in [2.05, 4.69) is 4.98 Å². The van der Waals surface area contributed by atoms with Crippen LogP contribution in [-0.2, 0) is 15.3 Å². The highest BCUT2D eigenvalue weighted by atomic mass is 35.5. The zero-order chi connectivity index (χ0) is 11.4. The molecule has 0 unspecified atom stereocenters. The van der Waals surface area contributed by atoms with Crippen molar-refractivity contribution in [3.8, 4) is 0 Å². The average Bonchev–Trinajstić information content (AvgIpc) is 2.77. The maximum absolute atomic E-state index is 5.75. The Morgan fingerprint density at radius 1 is 1.38 bits per heavy atom. The summed E-state index contributed by atoms with van der Waals surface area (Å²) < 4.78 is 11.5. The van der Waals surface area contributed by atoms with Gasteiger partial charge in [-0.1, -0.05) is 6.07 Å². The standard InChI is InChI=1S/C12H16ClNO2/c1-10-3-4-11(9-14-10)12(5-2-6-13)15-7-8-16-12/h3-4,9H,2,5-8H2,1H3. The van der Waals surface area contributed by atoms with Crippen LogP contribution in [0.2, 0.25) is 0 Å². The second-order valence-electron chi connectivity index (χ2n) is 3.93. The highest BCUT2D eigenvalue weighted by Gasteiger charge is 2.38. The highest BCUT2D eigenvalue weighted by molar-refractivity contribution is 6.17. The van der Waals surface area contributed by atoms with Crippen LogP contribution in [0.25, 0.3) is 0 Å². The van der Waals surface area contributed by atoms with Crippen molar-refractivity contribution < 1.29 is 9.47 Å². The molecule has 2 rings (SSSR count). The SMILES string of the molecule is Cc1ccc(C2(CCCCl)OCCO2)cn1. The van der Waals surface area contributed by atoms with Crippen molar-refractivity contribution in [2.24, 2.45) is 0 Å². The smallest absolute Gasteiger partial charge is 0.196 e. The molecule has 0 aliphatic carbocycles. The third-order valence-corrected chi connectivity index (χ3v) is 3.01. The lowest BCUT2D eigenvalue weighted by atomic mass is 10.0. The van der Waals surface area contributed by atoms with Gasteiger partial charge in [-0.2, -0.15) is 0 Å². The van der Waals surface area contributed by atoms with Crippen molar-refractivity contribution in [2.75, 3.05) is 19.1 Å². The van der Waals surface area contributed by atoms with Gasteiger partial charge in [0, 0.05) is 29.8 Å². The molecule has 88 valence electrons. The molecule has 1 saturated heterocycles. The molecule has 16 heavy (non-hydrogen) atoms. The zero-order valence-corrected chi connectivity index (χ0v) is 10.2.